The molecule has 2 amide bonds. The predicted octanol–water partition coefficient (Wildman–Crippen LogP) is 6.24. The maximum Gasteiger partial charge on any atom is 0.425 e. The number of hydrogen-bond acceptors (Lipinski definition) is 3. The van der Waals surface area contributed by atoms with Gasteiger partial charge < -0.3 is 5.32 Å². The number of benzene rings is 2. The highest BCUT2D eigenvalue weighted by molar-refractivity contribution is 7.10. The number of alkyl halides is 3. The van der Waals surface area contributed by atoms with Crippen molar-refractivity contribution in [3.05, 3.63) is 69.4 Å². The van der Waals surface area contributed by atoms with Crippen molar-refractivity contribution < 1.29 is 26.7 Å². The van der Waals surface area contributed by atoms with E-state index < -0.39 is 34.8 Å². The molecule has 0 spiro atoms. The Labute approximate surface area is 183 Å². The minimum absolute atomic E-state index is 0.0472. The first kappa shape index (κ1) is 20.6. The van der Waals surface area contributed by atoms with E-state index in [9.17, 15) is 22.4 Å². The number of nitrogens with zero attached hydrogens (tertiary/aromatic N) is 2. The molecule has 32 heavy (non-hydrogen) atoms. The highest BCUT2D eigenvalue weighted by Crippen LogP contribution is 2.40. The van der Waals surface area contributed by atoms with Gasteiger partial charge in [0, 0.05) is 36.0 Å². The van der Waals surface area contributed by atoms with E-state index in [1.807, 2.05) is 6.07 Å². The number of nitrogens with one attached hydrogen (secondary N) is 1. The third-order valence-electron chi connectivity index (χ3n) is 5.53. The molecule has 0 radical (unpaired) electrons. The summed E-state index contributed by atoms with van der Waals surface area (Å²) in [5.41, 5.74) is 1.80. The number of rotatable bonds is 3. The quantitative estimate of drug-likeness (QED) is 0.459. The van der Waals surface area contributed by atoms with E-state index in [-0.39, 0.29) is 23.2 Å². The van der Waals surface area contributed by atoms with Crippen molar-refractivity contribution >= 4 is 35.0 Å². The Balaban J connectivity index is 1.52. The van der Waals surface area contributed by atoms with Crippen LogP contribution in [0, 0.1) is 11.6 Å². The molecule has 0 bridgehead atoms. The first-order chi connectivity index (χ1) is 15.2. The second-order valence-electron chi connectivity index (χ2n) is 7.43. The third-order valence-corrected chi connectivity index (χ3v) is 6.50. The fourth-order valence-electron chi connectivity index (χ4n) is 3.96. The third kappa shape index (κ3) is 3.35. The summed E-state index contributed by atoms with van der Waals surface area (Å²) in [5, 5.41) is 3.77. The van der Waals surface area contributed by atoms with Crippen LogP contribution in [0.3, 0.4) is 0 Å². The molecule has 1 N–H and O–H groups in total. The van der Waals surface area contributed by atoms with E-state index in [4.69, 9.17) is 0 Å². The topological polar surface area (TPSA) is 44.7 Å². The summed E-state index contributed by atoms with van der Waals surface area (Å²) in [6.45, 7) is 0.0472. The van der Waals surface area contributed by atoms with E-state index in [1.165, 1.54) is 17.0 Å². The van der Waals surface area contributed by atoms with Crippen molar-refractivity contribution in [1.82, 2.24) is 5.32 Å². The van der Waals surface area contributed by atoms with E-state index in [1.54, 1.807) is 18.3 Å². The Morgan fingerprint density at radius 1 is 1.09 bits per heavy atom. The van der Waals surface area contributed by atoms with Crippen LogP contribution in [0.5, 0.6) is 0 Å². The van der Waals surface area contributed by atoms with Gasteiger partial charge in [-0.15, -0.1) is 11.3 Å². The molecule has 2 aromatic carbocycles. The normalized spacial score (nSPS) is 17.7. The van der Waals surface area contributed by atoms with Gasteiger partial charge in [0.25, 0.3) is 0 Å². The van der Waals surface area contributed by atoms with Gasteiger partial charge in [-0.3, -0.25) is 9.89 Å². The van der Waals surface area contributed by atoms with Crippen molar-refractivity contribution in [1.29, 1.82) is 0 Å². The number of amides is 2. The van der Waals surface area contributed by atoms with Crippen molar-refractivity contribution in [2.45, 2.75) is 18.6 Å². The zero-order chi connectivity index (χ0) is 22.6. The van der Waals surface area contributed by atoms with Gasteiger partial charge in [-0.05, 0) is 34.7 Å². The molecule has 0 saturated carbocycles. The first-order valence-corrected chi connectivity index (χ1v) is 10.5. The van der Waals surface area contributed by atoms with Crippen LogP contribution in [0.25, 0.3) is 11.1 Å². The van der Waals surface area contributed by atoms with Gasteiger partial charge in [0.15, 0.2) is 11.6 Å². The molecule has 1 atom stereocenters. The van der Waals surface area contributed by atoms with Gasteiger partial charge in [-0.1, -0.05) is 18.2 Å². The number of thiophene rings is 1. The second-order valence-corrected chi connectivity index (χ2v) is 8.34. The van der Waals surface area contributed by atoms with Crippen molar-refractivity contribution in [2.24, 2.45) is 4.99 Å². The summed E-state index contributed by atoms with van der Waals surface area (Å²) in [6.07, 6.45) is -2.13. The summed E-state index contributed by atoms with van der Waals surface area (Å²) in [5.74, 6) is -2.46. The Hall–Kier alpha value is -3.27. The van der Waals surface area contributed by atoms with Gasteiger partial charge in [0.1, 0.15) is 4.88 Å². The Bertz CT molecular complexity index is 1270. The molecule has 3 heterocycles. The monoisotopic (exact) mass is 463 g/mol. The highest BCUT2D eigenvalue weighted by atomic mass is 32.1. The predicted molar refractivity (Wildman–Crippen MR) is 112 cm³/mol. The summed E-state index contributed by atoms with van der Waals surface area (Å²) in [7, 11) is 0. The molecule has 5 rings (SSSR count). The largest absolute Gasteiger partial charge is 0.425 e. The molecule has 10 heteroatoms. The average molecular weight is 463 g/mol. The minimum Gasteiger partial charge on any atom is -0.335 e. The maximum atomic E-state index is 15.1. The van der Waals surface area contributed by atoms with Gasteiger partial charge in [-0.25, -0.2) is 13.6 Å². The SMILES string of the molecule is O=C1NC[C@@H](c2ccc(-c3csc(C(F)(F)F)c3)c(F)c2F)N1c1ccc2c(c1)N=CC2. The Morgan fingerprint density at radius 3 is 2.66 bits per heavy atom. The number of anilines is 1. The van der Waals surface area contributed by atoms with Gasteiger partial charge in [-0.2, -0.15) is 13.2 Å². The summed E-state index contributed by atoms with van der Waals surface area (Å²) in [6, 6.07) is 7.30. The summed E-state index contributed by atoms with van der Waals surface area (Å²) >= 11 is 0.415. The summed E-state index contributed by atoms with van der Waals surface area (Å²) < 4.78 is 68.6. The van der Waals surface area contributed by atoms with Gasteiger partial charge in [0.2, 0.25) is 0 Å². The minimum atomic E-state index is -4.56. The lowest BCUT2D eigenvalue weighted by Gasteiger charge is -2.24. The zero-order valence-corrected chi connectivity index (χ0v) is 17.0. The molecular weight excluding hydrogens is 449 g/mol. The lowest BCUT2D eigenvalue weighted by molar-refractivity contribution is -0.134. The first-order valence-electron chi connectivity index (χ1n) is 9.60. The average Bonchev–Trinajstić information content (AvgIpc) is 3.48. The molecule has 1 saturated heterocycles. The van der Waals surface area contributed by atoms with Crippen molar-refractivity contribution in [3.63, 3.8) is 0 Å². The molecule has 3 aromatic rings. The number of carbonyl (C=O) groups is 1. The van der Waals surface area contributed by atoms with Crippen LogP contribution < -0.4 is 10.2 Å². The standard InChI is InChI=1S/C22H14F5N3OS/c23-19-14(12-7-18(32-10-12)22(25,26)27)3-4-15(20(19)24)17-9-29-21(31)30(17)13-2-1-11-5-6-28-16(11)8-13/h1-4,6-8,10,17H,5,9H2,(H,29,31)/t17-/m0/s1. The van der Waals surface area contributed by atoms with Crippen LogP contribution in [0.15, 0.2) is 46.8 Å². The Morgan fingerprint density at radius 2 is 1.91 bits per heavy atom. The summed E-state index contributed by atoms with van der Waals surface area (Å²) in [4.78, 5) is 17.2. The molecule has 2 aliphatic heterocycles. The molecule has 164 valence electrons. The van der Waals surface area contributed by atoms with Gasteiger partial charge in [0.05, 0.1) is 11.7 Å². The molecular formula is C22H14F5N3OS. The number of urea groups is 1. The molecule has 0 aliphatic carbocycles. The number of fused-ring (bicyclic) bond motifs is 1. The van der Waals surface area contributed by atoms with E-state index in [2.05, 4.69) is 10.3 Å². The fraction of sp³-hybridized carbons (Fsp3) is 0.182. The number of hydrogen-bond donors (Lipinski definition) is 1. The molecule has 1 fully saturated rings. The van der Waals surface area contributed by atoms with E-state index in [0.717, 1.165) is 17.0 Å². The molecule has 4 nitrogen and oxygen atoms in total. The van der Waals surface area contributed by atoms with Crippen LogP contribution in [0.1, 0.15) is 22.0 Å². The van der Waals surface area contributed by atoms with Crippen LogP contribution >= 0.6 is 11.3 Å². The van der Waals surface area contributed by atoms with Crippen LogP contribution in [0.2, 0.25) is 0 Å². The second kappa shape index (κ2) is 7.40. The molecule has 0 unspecified atom stereocenters. The van der Waals surface area contributed by atoms with Crippen LogP contribution in [-0.4, -0.2) is 18.8 Å². The van der Waals surface area contributed by atoms with E-state index in [0.29, 0.717) is 29.1 Å². The molecule has 1 aromatic heterocycles. The number of aliphatic imine (C=N–C) groups is 1. The van der Waals surface area contributed by atoms with Crippen molar-refractivity contribution in [3.8, 4) is 11.1 Å². The van der Waals surface area contributed by atoms with Crippen LogP contribution in [0.4, 0.5) is 38.1 Å². The van der Waals surface area contributed by atoms with E-state index >= 15 is 4.39 Å². The fourth-order valence-corrected chi connectivity index (χ4v) is 4.73. The lowest BCUT2D eigenvalue weighted by atomic mass is 9.99. The Kier molecular flexibility index (Phi) is 4.77. The van der Waals surface area contributed by atoms with Crippen LogP contribution in [-0.2, 0) is 12.6 Å². The highest BCUT2D eigenvalue weighted by Gasteiger charge is 2.37. The number of halogens is 5. The maximum absolute atomic E-state index is 15.1. The van der Waals surface area contributed by atoms with Gasteiger partial charge >= 0.3 is 12.2 Å². The molecule has 2 aliphatic rings. The van der Waals surface area contributed by atoms with Crippen molar-refractivity contribution in [2.75, 3.05) is 11.4 Å². The zero-order valence-electron chi connectivity index (χ0n) is 16.2. The lowest BCUT2D eigenvalue weighted by Crippen LogP contribution is -2.30. The smallest absolute Gasteiger partial charge is 0.335 e. The number of carbonyl (C=O) groups excluding carboxylic acids is 1.